The molecule has 0 saturated carbocycles. The summed E-state index contributed by atoms with van der Waals surface area (Å²) in [4.78, 5) is 15.6. The first-order valence-electron chi connectivity index (χ1n) is 7.86. The van der Waals surface area contributed by atoms with Gasteiger partial charge in [0.05, 0.1) is 16.6 Å². The first-order chi connectivity index (χ1) is 10.7. The molecule has 1 aromatic carbocycles. The highest BCUT2D eigenvalue weighted by Gasteiger charge is 2.30. The second kappa shape index (κ2) is 6.32. The zero-order chi connectivity index (χ0) is 15.5. The molecule has 0 aromatic heterocycles. The summed E-state index contributed by atoms with van der Waals surface area (Å²) in [6, 6.07) is 7.24. The second-order valence-electron chi connectivity index (χ2n) is 6.06. The Bertz CT molecular complexity index is 605. The first-order valence-corrected chi connectivity index (χ1v) is 7.86. The molecule has 0 amide bonds. The molecule has 1 unspecified atom stereocenters. The molecule has 2 aliphatic rings. The molecular formula is C16H20N4O2. The van der Waals surface area contributed by atoms with E-state index < -0.39 is 0 Å². The lowest BCUT2D eigenvalue weighted by Gasteiger charge is -2.38. The van der Waals surface area contributed by atoms with Crippen LogP contribution >= 0.6 is 0 Å². The molecule has 3 rings (SSSR count). The Labute approximate surface area is 130 Å². The monoisotopic (exact) mass is 300 g/mol. The molecule has 2 fully saturated rings. The van der Waals surface area contributed by atoms with E-state index in [-0.39, 0.29) is 10.6 Å². The van der Waals surface area contributed by atoms with Gasteiger partial charge in [-0.3, -0.25) is 15.0 Å². The van der Waals surface area contributed by atoms with Crippen LogP contribution < -0.4 is 4.90 Å². The van der Waals surface area contributed by atoms with Gasteiger partial charge in [0.15, 0.2) is 0 Å². The van der Waals surface area contributed by atoms with E-state index in [1.807, 2.05) is 6.07 Å². The highest BCUT2D eigenvalue weighted by Crippen LogP contribution is 2.32. The van der Waals surface area contributed by atoms with Crippen LogP contribution in [-0.2, 0) is 0 Å². The molecule has 0 bridgehead atoms. The number of anilines is 1. The number of nitriles is 1. The third-order valence-electron chi connectivity index (χ3n) is 4.70. The van der Waals surface area contributed by atoms with Crippen LogP contribution in [0, 0.1) is 21.4 Å². The molecule has 2 heterocycles. The number of rotatable bonds is 3. The van der Waals surface area contributed by atoms with Gasteiger partial charge in [0.1, 0.15) is 5.69 Å². The van der Waals surface area contributed by atoms with Gasteiger partial charge in [-0.2, -0.15) is 5.26 Å². The fourth-order valence-electron chi connectivity index (χ4n) is 3.58. The number of benzene rings is 1. The van der Waals surface area contributed by atoms with E-state index in [2.05, 4.69) is 9.80 Å². The van der Waals surface area contributed by atoms with Gasteiger partial charge in [0, 0.05) is 25.2 Å². The predicted octanol–water partition coefficient (Wildman–Crippen LogP) is 2.53. The zero-order valence-corrected chi connectivity index (χ0v) is 12.6. The third kappa shape index (κ3) is 2.90. The Morgan fingerprint density at radius 1 is 1.23 bits per heavy atom. The van der Waals surface area contributed by atoms with E-state index in [9.17, 15) is 10.1 Å². The van der Waals surface area contributed by atoms with Crippen molar-refractivity contribution in [3.63, 3.8) is 0 Å². The Balaban J connectivity index is 1.83. The van der Waals surface area contributed by atoms with Gasteiger partial charge in [-0.15, -0.1) is 0 Å². The third-order valence-corrected chi connectivity index (χ3v) is 4.70. The Hall–Kier alpha value is -2.13. The summed E-state index contributed by atoms with van der Waals surface area (Å²) >= 11 is 0. The summed E-state index contributed by atoms with van der Waals surface area (Å²) in [5.41, 5.74) is 1.03. The molecule has 6 nitrogen and oxygen atoms in total. The minimum Gasteiger partial charge on any atom is -0.364 e. The lowest BCUT2D eigenvalue weighted by atomic mass is 10.0. The van der Waals surface area contributed by atoms with Crippen molar-refractivity contribution in [3.8, 4) is 6.07 Å². The molecule has 2 saturated heterocycles. The maximum Gasteiger partial charge on any atom is 0.293 e. The molecule has 22 heavy (non-hydrogen) atoms. The van der Waals surface area contributed by atoms with Gasteiger partial charge >= 0.3 is 0 Å². The smallest absolute Gasteiger partial charge is 0.293 e. The number of hydrogen-bond acceptors (Lipinski definition) is 5. The van der Waals surface area contributed by atoms with E-state index >= 15 is 0 Å². The average Bonchev–Trinajstić information content (AvgIpc) is 3.09. The summed E-state index contributed by atoms with van der Waals surface area (Å²) in [6.07, 6.45) is 4.74. The molecule has 1 aromatic rings. The molecule has 2 aliphatic heterocycles. The Morgan fingerprint density at radius 3 is 2.68 bits per heavy atom. The summed E-state index contributed by atoms with van der Waals surface area (Å²) < 4.78 is 0. The number of nitro benzene ring substituents is 1. The molecule has 0 N–H and O–H groups in total. The van der Waals surface area contributed by atoms with Crippen molar-refractivity contribution in [1.29, 1.82) is 5.26 Å². The van der Waals surface area contributed by atoms with E-state index in [1.165, 1.54) is 25.3 Å². The summed E-state index contributed by atoms with van der Waals surface area (Å²) in [5, 5.41) is 20.3. The number of nitro groups is 1. The van der Waals surface area contributed by atoms with E-state index in [0.29, 0.717) is 17.3 Å². The van der Waals surface area contributed by atoms with E-state index in [0.717, 1.165) is 32.6 Å². The molecule has 116 valence electrons. The molecule has 0 radical (unpaired) electrons. The molecular weight excluding hydrogens is 280 g/mol. The summed E-state index contributed by atoms with van der Waals surface area (Å²) in [7, 11) is 0. The van der Waals surface area contributed by atoms with Crippen LogP contribution in [0.25, 0.3) is 0 Å². The Morgan fingerprint density at radius 2 is 2.00 bits per heavy atom. The summed E-state index contributed by atoms with van der Waals surface area (Å²) in [5.74, 6) is 0. The minimum atomic E-state index is -0.379. The van der Waals surface area contributed by atoms with Crippen LogP contribution in [0.2, 0.25) is 0 Å². The average molecular weight is 300 g/mol. The first kappa shape index (κ1) is 14.8. The van der Waals surface area contributed by atoms with Gasteiger partial charge in [0.25, 0.3) is 5.69 Å². The van der Waals surface area contributed by atoms with Crippen molar-refractivity contribution in [2.75, 3.05) is 31.1 Å². The van der Waals surface area contributed by atoms with E-state index in [1.54, 1.807) is 12.1 Å². The Kier molecular flexibility index (Phi) is 4.25. The minimum absolute atomic E-state index is 0.0427. The maximum absolute atomic E-state index is 11.3. The molecule has 6 heteroatoms. The van der Waals surface area contributed by atoms with Crippen LogP contribution in [0.4, 0.5) is 11.4 Å². The van der Waals surface area contributed by atoms with Crippen molar-refractivity contribution in [2.45, 2.75) is 31.7 Å². The van der Waals surface area contributed by atoms with Gasteiger partial charge in [-0.1, -0.05) is 0 Å². The second-order valence-corrected chi connectivity index (χ2v) is 6.06. The normalized spacial score (nSPS) is 22.5. The van der Waals surface area contributed by atoms with Crippen molar-refractivity contribution in [2.24, 2.45) is 0 Å². The summed E-state index contributed by atoms with van der Waals surface area (Å²) in [6.45, 7) is 3.98. The van der Waals surface area contributed by atoms with Crippen LogP contribution in [0.1, 0.15) is 31.2 Å². The van der Waals surface area contributed by atoms with Gasteiger partial charge in [-0.25, -0.2) is 0 Å². The SMILES string of the molecule is N#Cc1ccc(N2CCCC(N3CCCC3)C2)c([N+](=O)[O-])c1. The lowest BCUT2D eigenvalue weighted by Crippen LogP contribution is -2.47. The quantitative estimate of drug-likeness (QED) is 0.633. The van der Waals surface area contributed by atoms with Crippen LogP contribution in [-0.4, -0.2) is 42.0 Å². The van der Waals surface area contributed by atoms with Gasteiger partial charge in [0.2, 0.25) is 0 Å². The highest BCUT2D eigenvalue weighted by molar-refractivity contribution is 5.66. The van der Waals surface area contributed by atoms with Crippen molar-refractivity contribution >= 4 is 11.4 Å². The predicted molar refractivity (Wildman–Crippen MR) is 83.9 cm³/mol. The van der Waals surface area contributed by atoms with Crippen LogP contribution in [0.5, 0.6) is 0 Å². The fraction of sp³-hybridized carbons (Fsp3) is 0.562. The van der Waals surface area contributed by atoms with Gasteiger partial charge < -0.3 is 4.90 Å². The zero-order valence-electron chi connectivity index (χ0n) is 12.6. The van der Waals surface area contributed by atoms with Crippen LogP contribution in [0.15, 0.2) is 18.2 Å². The van der Waals surface area contributed by atoms with Crippen molar-refractivity contribution in [1.82, 2.24) is 4.90 Å². The van der Waals surface area contributed by atoms with Gasteiger partial charge in [-0.05, 0) is 50.9 Å². The fourth-order valence-corrected chi connectivity index (χ4v) is 3.58. The van der Waals surface area contributed by atoms with Crippen molar-refractivity contribution < 1.29 is 4.92 Å². The highest BCUT2D eigenvalue weighted by atomic mass is 16.6. The number of nitrogens with zero attached hydrogens (tertiary/aromatic N) is 4. The molecule has 0 aliphatic carbocycles. The standard InChI is InChI=1S/C16H20N4O2/c17-11-13-5-6-15(16(10-13)20(21)22)19-9-3-4-14(12-19)18-7-1-2-8-18/h5-6,10,14H,1-4,7-9,12H2. The number of piperidine rings is 1. The number of hydrogen-bond donors (Lipinski definition) is 0. The number of likely N-dealkylation sites (tertiary alicyclic amines) is 1. The molecule has 0 spiro atoms. The van der Waals surface area contributed by atoms with Crippen molar-refractivity contribution in [3.05, 3.63) is 33.9 Å². The maximum atomic E-state index is 11.3. The molecule has 1 atom stereocenters. The largest absolute Gasteiger partial charge is 0.364 e. The van der Waals surface area contributed by atoms with E-state index in [4.69, 9.17) is 5.26 Å². The lowest BCUT2D eigenvalue weighted by molar-refractivity contribution is -0.384. The van der Waals surface area contributed by atoms with Crippen LogP contribution in [0.3, 0.4) is 0 Å². The topological polar surface area (TPSA) is 73.4 Å².